The van der Waals surface area contributed by atoms with Gasteiger partial charge in [0.2, 0.25) is 5.89 Å². The maximum Gasteiger partial charge on any atom is 0.339 e. The number of pyridine rings is 1. The first-order valence-electron chi connectivity index (χ1n) is 8.37. The van der Waals surface area contributed by atoms with Crippen LogP contribution in [-0.4, -0.2) is 21.2 Å². The van der Waals surface area contributed by atoms with E-state index in [1.165, 1.54) is 30.3 Å². The molecule has 0 saturated heterocycles. The van der Waals surface area contributed by atoms with Gasteiger partial charge in [0.05, 0.1) is 11.1 Å². The van der Waals surface area contributed by atoms with Crippen molar-refractivity contribution < 1.29 is 18.3 Å². The second-order valence-electron chi connectivity index (χ2n) is 6.01. The van der Waals surface area contributed by atoms with E-state index in [2.05, 4.69) is 15.2 Å². The molecule has 4 aromatic rings. The van der Waals surface area contributed by atoms with Crippen molar-refractivity contribution in [2.24, 2.45) is 0 Å². The molecule has 4 rings (SSSR count). The molecule has 2 aromatic carbocycles. The van der Waals surface area contributed by atoms with E-state index in [9.17, 15) is 9.18 Å². The number of para-hydroxylation sites is 1. The second-order valence-corrected chi connectivity index (χ2v) is 6.40. The zero-order valence-electron chi connectivity index (χ0n) is 14.6. The summed E-state index contributed by atoms with van der Waals surface area (Å²) in [6.45, 7) is 1.62. The Morgan fingerprint density at radius 1 is 1.14 bits per heavy atom. The fourth-order valence-electron chi connectivity index (χ4n) is 2.69. The van der Waals surface area contributed by atoms with Gasteiger partial charge < -0.3 is 9.15 Å². The molecular formula is C20H13ClFN3O3. The van der Waals surface area contributed by atoms with Crippen LogP contribution in [0.2, 0.25) is 5.15 Å². The third-order valence-corrected chi connectivity index (χ3v) is 4.26. The van der Waals surface area contributed by atoms with Crippen molar-refractivity contribution in [1.82, 2.24) is 15.2 Å². The molecule has 0 aliphatic rings. The first-order chi connectivity index (χ1) is 13.5. The lowest BCUT2D eigenvalue weighted by atomic mass is 10.1. The van der Waals surface area contributed by atoms with E-state index < -0.39 is 12.1 Å². The van der Waals surface area contributed by atoms with Crippen LogP contribution in [0.15, 0.2) is 59.0 Å². The number of hydrogen-bond acceptors (Lipinski definition) is 6. The molecule has 0 saturated carbocycles. The average molecular weight is 398 g/mol. The van der Waals surface area contributed by atoms with Crippen molar-refractivity contribution in [3.63, 3.8) is 0 Å². The molecule has 0 fully saturated rings. The van der Waals surface area contributed by atoms with Crippen LogP contribution in [0, 0.1) is 5.82 Å². The molecule has 0 unspecified atom stereocenters. The molecule has 2 aromatic heterocycles. The number of esters is 1. The quantitative estimate of drug-likeness (QED) is 0.356. The summed E-state index contributed by atoms with van der Waals surface area (Å²) in [4.78, 5) is 16.9. The van der Waals surface area contributed by atoms with E-state index in [0.717, 1.165) is 0 Å². The zero-order valence-corrected chi connectivity index (χ0v) is 15.4. The molecule has 0 amide bonds. The number of nitrogens with zero attached hydrogens (tertiary/aromatic N) is 3. The molecule has 0 bridgehead atoms. The molecule has 0 spiro atoms. The topological polar surface area (TPSA) is 78.1 Å². The Kier molecular flexibility index (Phi) is 4.75. The lowest BCUT2D eigenvalue weighted by Gasteiger charge is -2.11. The predicted octanol–water partition coefficient (Wildman–Crippen LogP) is 5.00. The van der Waals surface area contributed by atoms with Gasteiger partial charge in [-0.15, -0.1) is 10.2 Å². The normalized spacial score (nSPS) is 12.1. The Balaban J connectivity index is 1.57. The number of carbonyl (C=O) groups is 1. The SMILES string of the molecule is C[C@H](OC(=O)c1cc(Cl)nc2ccccc12)c1nnc(-c2ccc(F)cc2)o1. The minimum absolute atomic E-state index is 0.122. The third-order valence-electron chi connectivity index (χ3n) is 4.07. The molecule has 0 aliphatic carbocycles. The van der Waals surface area contributed by atoms with Crippen molar-refractivity contribution in [3.8, 4) is 11.5 Å². The molecule has 2 heterocycles. The van der Waals surface area contributed by atoms with Gasteiger partial charge in [-0.1, -0.05) is 29.8 Å². The van der Waals surface area contributed by atoms with Gasteiger partial charge in [0, 0.05) is 10.9 Å². The van der Waals surface area contributed by atoms with Crippen molar-refractivity contribution in [2.45, 2.75) is 13.0 Å². The summed E-state index contributed by atoms with van der Waals surface area (Å²) in [6, 6.07) is 14.2. The summed E-state index contributed by atoms with van der Waals surface area (Å²) >= 11 is 6.02. The number of aromatic nitrogens is 3. The van der Waals surface area contributed by atoms with E-state index in [0.29, 0.717) is 22.0 Å². The Morgan fingerprint density at radius 2 is 1.89 bits per heavy atom. The van der Waals surface area contributed by atoms with Crippen LogP contribution >= 0.6 is 11.6 Å². The van der Waals surface area contributed by atoms with Crippen molar-refractivity contribution in [1.29, 1.82) is 0 Å². The summed E-state index contributed by atoms with van der Waals surface area (Å²) < 4.78 is 24.1. The van der Waals surface area contributed by atoms with Gasteiger partial charge in [0.25, 0.3) is 5.89 Å². The fraction of sp³-hybridized carbons (Fsp3) is 0.100. The lowest BCUT2D eigenvalue weighted by Crippen LogP contribution is -2.10. The van der Waals surface area contributed by atoms with E-state index in [4.69, 9.17) is 20.8 Å². The standard InChI is InChI=1S/C20H13ClFN3O3/c1-11(18-24-25-19(28-18)12-6-8-13(22)9-7-12)27-20(26)15-10-17(21)23-16-5-3-2-4-14(15)16/h2-11H,1H3/t11-/m0/s1. The molecule has 0 N–H and O–H groups in total. The first-order valence-corrected chi connectivity index (χ1v) is 8.74. The first kappa shape index (κ1) is 18.1. The van der Waals surface area contributed by atoms with Crippen LogP contribution < -0.4 is 0 Å². The maximum atomic E-state index is 13.0. The molecule has 140 valence electrons. The maximum absolute atomic E-state index is 13.0. The van der Waals surface area contributed by atoms with Crippen LogP contribution in [0.4, 0.5) is 4.39 Å². The zero-order chi connectivity index (χ0) is 19.7. The minimum Gasteiger partial charge on any atom is -0.449 e. The fourth-order valence-corrected chi connectivity index (χ4v) is 2.89. The summed E-state index contributed by atoms with van der Waals surface area (Å²) in [5, 5.41) is 8.65. The molecule has 0 radical (unpaired) electrons. The van der Waals surface area contributed by atoms with Crippen molar-refractivity contribution in [2.75, 3.05) is 0 Å². The molecule has 0 aliphatic heterocycles. The highest BCUT2D eigenvalue weighted by molar-refractivity contribution is 6.30. The number of ether oxygens (including phenoxy) is 1. The van der Waals surface area contributed by atoms with Crippen LogP contribution in [0.1, 0.15) is 29.3 Å². The highest BCUT2D eigenvalue weighted by Crippen LogP contribution is 2.26. The average Bonchev–Trinajstić information content (AvgIpc) is 3.18. The van der Waals surface area contributed by atoms with Gasteiger partial charge in [-0.25, -0.2) is 14.2 Å². The largest absolute Gasteiger partial charge is 0.449 e. The summed E-state index contributed by atoms with van der Waals surface area (Å²) in [6.07, 6.45) is -0.792. The van der Waals surface area contributed by atoms with Gasteiger partial charge >= 0.3 is 5.97 Å². The van der Waals surface area contributed by atoms with Crippen molar-refractivity contribution in [3.05, 3.63) is 77.0 Å². The van der Waals surface area contributed by atoms with E-state index >= 15 is 0 Å². The minimum atomic E-state index is -0.792. The molecule has 6 nitrogen and oxygen atoms in total. The molecule has 1 atom stereocenters. The van der Waals surface area contributed by atoms with Gasteiger partial charge in [0.1, 0.15) is 11.0 Å². The highest BCUT2D eigenvalue weighted by atomic mass is 35.5. The Morgan fingerprint density at radius 3 is 2.68 bits per heavy atom. The van der Waals surface area contributed by atoms with Crippen LogP contribution in [0.25, 0.3) is 22.4 Å². The number of carbonyl (C=O) groups excluding carboxylic acids is 1. The number of hydrogen-bond donors (Lipinski definition) is 0. The number of rotatable bonds is 4. The van der Waals surface area contributed by atoms with Crippen LogP contribution in [0.3, 0.4) is 0 Å². The third kappa shape index (κ3) is 3.57. The molecular weight excluding hydrogens is 385 g/mol. The summed E-state index contributed by atoms with van der Waals surface area (Å²) in [5.74, 6) is -0.629. The Labute approximate surface area is 163 Å². The number of halogens is 2. The monoisotopic (exact) mass is 397 g/mol. The van der Waals surface area contributed by atoms with E-state index in [1.54, 1.807) is 31.2 Å². The molecule has 8 heteroatoms. The second kappa shape index (κ2) is 7.36. The van der Waals surface area contributed by atoms with Gasteiger partial charge in [-0.2, -0.15) is 0 Å². The Hall–Kier alpha value is -3.32. The van der Waals surface area contributed by atoms with E-state index in [1.807, 2.05) is 0 Å². The Bertz CT molecular complexity index is 1160. The molecule has 28 heavy (non-hydrogen) atoms. The summed E-state index contributed by atoms with van der Waals surface area (Å²) in [5.41, 5.74) is 1.44. The van der Waals surface area contributed by atoms with Crippen LogP contribution in [-0.2, 0) is 4.74 Å². The predicted molar refractivity (Wildman–Crippen MR) is 100 cm³/mol. The van der Waals surface area contributed by atoms with Crippen LogP contribution in [0.5, 0.6) is 0 Å². The van der Waals surface area contributed by atoms with Gasteiger partial charge in [-0.3, -0.25) is 0 Å². The number of fused-ring (bicyclic) bond motifs is 1. The highest BCUT2D eigenvalue weighted by Gasteiger charge is 2.22. The summed E-state index contributed by atoms with van der Waals surface area (Å²) in [7, 11) is 0. The van der Waals surface area contributed by atoms with Gasteiger partial charge in [0.15, 0.2) is 6.10 Å². The van der Waals surface area contributed by atoms with Gasteiger partial charge in [-0.05, 0) is 43.3 Å². The van der Waals surface area contributed by atoms with Crippen molar-refractivity contribution >= 4 is 28.5 Å². The number of benzene rings is 2. The smallest absolute Gasteiger partial charge is 0.339 e. The van der Waals surface area contributed by atoms with E-state index in [-0.39, 0.29) is 22.8 Å². The lowest BCUT2D eigenvalue weighted by molar-refractivity contribution is 0.0282.